The second kappa shape index (κ2) is 1.95. The van der Waals surface area contributed by atoms with E-state index in [-0.39, 0.29) is 0 Å². The number of rotatable bonds is 1. The standard InChI is InChI=1S/C7H7B/c1-6-4-3-5-7(6)8-2/h3-5H,1-2H2. The van der Waals surface area contributed by atoms with Crippen molar-refractivity contribution in [3.8, 4) is 0 Å². The van der Waals surface area contributed by atoms with Gasteiger partial charge in [-0.25, -0.2) is 0 Å². The first-order chi connectivity index (χ1) is 3.84. The van der Waals surface area contributed by atoms with Crippen LogP contribution in [-0.2, 0) is 0 Å². The predicted octanol–water partition coefficient (Wildman–Crippen LogP) is 1.13. The summed E-state index contributed by atoms with van der Waals surface area (Å²) in [5.74, 6) is 0. The van der Waals surface area contributed by atoms with Gasteiger partial charge in [-0.15, -0.1) is 0 Å². The maximum absolute atomic E-state index is 3.78. The summed E-state index contributed by atoms with van der Waals surface area (Å²) in [6, 6.07) is 0. The van der Waals surface area contributed by atoms with Crippen molar-refractivity contribution in [3.63, 3.8) is 0 Å². The molecular weight excluding hydrogens is 94.9 g/mol. The molecule has 0 fully saturated rings. The van der Waals surface area contributed by atoms with Crippen molar-refractivity contribution in [2.75, 3.05) is 0 Å². The SMILES string of the molecule is C=BC1=CC=CC1=C. The Balaban J connectivity index is 2.88. The van der Waals surface area contributed by atoms with E-state index in [4.69, 9.17) is 0 Å². The van der Waals surface area contributed by atoms with Gasteiger partial charge < -0.3 is 0 Å². The Morgan fingerprint density at radius 2 is 2.25 bits per heavy atom. The maximum atomic E-state index is 3.78. The van der Waals surface area contributed by atoms with Crippen molar-refractivity contribution in [1.29, 1.82) is 0 Å². The van der Waals surface area contributed by atoms with Crippen LogP contribution in [-0.4, -0.2) is 13.4 Å². The van der Waals surface area contributed by atoms with Crippen LogP contribution >= 0.6 is 0 Å². The fraction of sp³-hybridized carbons (Fsp3) is 0. The summed E-state index contributed by atoms with van der Waals surface area (Å²) in [7, 11) is 0. The van der Waals surface area contributed by atoms with Crippen LogP contribution in [0.2, 0.25) is 0 Å². The average Bonchev–Trinajstić information content (AvgIpc) is 2.14. The molecule has 8 heavy (non-hydrogen) atoms. The quantitative estimate of drug-likeness (QED) is 0.435. The van der Waals surface area contributed by atoms with Crippen LogP contribution in [0.25, 0.3) is 0 Å². The normalized spacial score (nSPS) is 16.0. The Hall–Kier alpha value is -0.845. The average molecular weight is 102 g/mol. The van der Waals surface area contributed by atoms with Gasteiger partial charge in [0.2, 0.25) is 0 Å². The molecular formula is C7H7B. The van der Waals surface area contributed by atoms with E-state index in [0.29, 0.717) is 0 Å². The molecule has 0 saturated heterocycles. The van der Waals surface area contributed by atoms with Gasteiger partial charge in [-0.3, -0.25) is 0 Å². The molecule has 1 rings (SSSR count). The molecule has 38 valence electrons. The summed E-state index contributed by atoms with van der Waals surface area (Å²) < 4.78 is 0. The fourth-order valence-corrected chi connectivity index (χ4v) is 0.670. The van der Waals surface area contributed by atoms with Gasteiger partial charge in [0, 0.05) is 0 Å². The third kappa shape index (κ3) is 0.715. The van der Waals surface area contributed by atoms with E-state index < -0.39 is 0 Å². The summed E-state index contributed by atoms with van der Waals surface area (Å²) in [5, 5.41) is 0. The molecule has 0 spiro atoms. The van der Waals surface area contributed by atoms with Crippen molar-refractivity contribution in [2.24, 2.45) is 0 Å². The van der Waals surface area contributed by atoms with E-state index in [2.05, 4.69) is 13.0 Å². The fourth-order valence-electron chi connectivity index (χ4n) is 0.670. The third-order valence-electron chi connectivity index (χ3n) is 1.16. The zero-order valence-electron chi connectivity index (χ0n) is 4.72. The van der Waals surface area contributed by atoms with Crippen molar-refractivity contribution in [2.45, 2.75) is 0 Å². The van der Waals surface area contributed by atoms with Gasteiger partial charge in [0.15, 0.2) is 0 Å². The van der Waals surface area contributed by atoms with E-state index in [1.807, 2.05) is 25.1 Å². The molecule has 1 aliphatic carbocycles. The molecule has 0 heterocycles. The Morgan fingerprint density at radius 3 is 2.50 bits per heavy atom. The second-order valence-electron chi connectivity index (χ2n) is 1.71. The summed E-state index contributed by atoms with van der Waals surface area (Å²) in [6.07, 6.45) is 5.94. The minimum atomic E-state index is 1.06. The number of hydrogen-bond acceptors (Lipinski definition) is 0. The molecule has 0 N–H and O–H groups in total. The third-order valence-corrected chi connectivity index (χ3v) is 1.16. The van der Waals surface area contributed by atoms with Crippen LogP contribution in [0.3, 0.4) is 0 Å². The molecule has 0 amide bonds. The van der Waals surface area contributed by atoms with Crippen LogP contribution < -0.4 is 0 Å². The summed E-state index contributed by atoms with van der Waals surface area (Å²) >= 11 is 0. The van der Waals surface area contributed by atoms with Crippen molar-refractivity contribution < 1.29 is 0 Å². The van der Waals surface area contributed by atoms with Gasteiger partial charge in [-0.05, 0) is 0 Å². The van der Waals surface area contributed by atoms with E-state index in [1.54, 1.807) is 0 Å². The first kappa shape index (κ1) is 5.29. The molecule has 0 nitrogen and oxygen atoms in total. The van der Waals surface area contributed by atoms with E-state index >= 15 is 0 Å². The summed E-state index contributed by atoms with van der Waals surface area (Å²) in [6.45, 7) is 9.21. The van der Waals surface area contributed by atoms with Crippen molar-refractivity contribution >= 4 is 13.4 Å². The van der Waals surface area contributed by atoms with E-state index in [9.17, 15) is 0 Å². The van der Waals surface area contributed by atoms with Gasteiger partial charge in [-0.2, -0.15) is 0 Å². The van der Waals surface area contributed by atoms with E-state index in [0.717, 1.165) is 11.0 Å². The molecule has 0 unspecified atom stereocenters. The number of allylic oxidation sites excluding steroid dienone is 5. The molecule has 0 aromatic heterocycles. The van der Waals surface area contributed by atoms with Crippen LogP contribution in [0.1, 0.15) is 0 Å². The minimum absolute atomic E-state index is 1.06. The Kier molecular flexibility index (Phi) is 1.29. The zero-order valence-corrected chi connectivity index (χ0v) is 4.72. The first-order valence-corrected chi connectivity index (χ1v) is 2.54. The second-order valence-corrected chi connectivity index (χ2v) is 1.71. The van der Waals surface area contributed by atoms with Gasteiger partial charge in [0.25, 0.3) is 0 Å². The molecule has 0 aromatic carbocycles. The Bertz CT molecular complexity index is 185. The molecule has 0 aromatic rings. The van der Waals surface area contributed by atoms with Crippen LogP contribution in [0.15, 0.2) is 35.9 Å². The van der Waals surface area contributed by atoms with Gasteiger partial charge in [-0.1, -0.05) is 0 Å². The molecule has 0 radical (unpaired) electrons. The molecule has 0 aliphatic heterocycles. The molecule has 1 aliphatic rings. The van der Waals surface area contributed by atoms with E-state index in [1.165, 1.54) is 0 Å². The van der Waals surface area contributed by atoms with Crippen LogP contribution in [0.4, 0.5) is 0 Å². The molecule has 0 bridgehead atoms. The summed E-state index contributed by atoms with van der Waals surface area (Å²) in [5.41, 5.74) is 2.19. The van der Waals surface area contributed by atoms with Gasteiger partial charge in [0.1, 0.15) is 0 Å². The number of hydrogen-bond donors (Lipinski definition) is 0. The predicted molar refractivity (Wildman–Crippen MR) is 39.2 cm³/mol. The van der Waals surface area contributed by atoms with Gasteiger partial charge >= 0.3 is 49.2 Å². The van der Waals surface area contributed by atoms with Gasteiger partial charge in [0.05, 0.1) is 0 Å². The zero-order chi connectivity index (χ0) is 5.98. The topological polar surface area (TPSA) is 0 Å². The molecule has 0 saturated carbocycles. The molecule has 1 heteroatoms. The summed E-state index contributed by atoms with van der Waals surface area (Å²) in [4.78, 5) is 0. The van der Waals surface area contributed by atoms with Crippen LogP contribution in [0, 0.1) is 0 Å². The van der Waals surface area contributed by atoms with Crippen LogP contribution in [0.5, 0.6) is 0 Å². The Labute approximate surface area is 50.1 Å². The molecule has 0 atom stereocenters. The first-order valence-electron chi connectivity index (χ1n) is 2.54. The Morgan fingerprint density at radius 1 is 1.50 bits per heavy atom. The monoisotopic (exact) mass is 102 g/mol. The van der Waals surface area contributed by atoms with Crippen molar-refractivity contribution in [1.82, 2.24) is 0 Å². The van der Waals surface area contributed by atoms with Crippen molar-refractivity contribution in [3.05, 3.63) is 35.9 Å².